The summed E-state index contributed by atoms with van der Waals surface area (Å²) in [6.45, 7) is 12.5. The molecular formula is C44H56N8O7Si. The van der Waals surface area contributed by atoms with Gasteiger partial charge in [-0.05, 0) is 64.9 Å². The van der Waals surface area contributed by atoms with Crippen molar-refractivity contribution in [1.29, 1.82) is 0 Å². The molecule has 0 bridgehead atoms. The molecule has 2 saturated heterocycles. The van der Waals surface area contributed by atoms with Gasteiger partial charge in [-0.1, -0.05) is 83.3 Å². The van der Waals surface area contributed by atoms with Crippen molar-refractivity contribution in [1.82, 2.24) is 40.4 Å². The van der Waals surface area contributed by atoms with Crippen molar-refractivity contribution in [2.24, 2.45) is 11.8 Å². The zero-order valence-electron chi connectivity index (χ0n) is 35.5. The molecule has 60 heavy (non-hydrogen) atoms. The van der Waals surface area contributed by atoms with Gasteiger partial charge in [0, 0.05) is 18.1 Å². The SMILES string of the molecule is COC(=O)N[C@H](C(=O)N1CCC[C@H]1c1ncc(-c2ccc(-c3ccc4c(ccc5[nH]c([C@@H]6C[Si](C)(C)CN6C(=O)[C@@H](NC(=O)OC)[C@H](O)C(C)C)nc54)c3)cc2)[nH]1)C(C)C. The van der Waals surface area contributed by atoms with Crippen LogP contribution in [0.5, 0.6) is 0 Å². The van der Waals surface area contributed by atoms with Crippen LogP contribution in [-0.4, -0.2) is 112 Å². The van der Waals surface area contributed by atoms with Crippen LogP contribution in [0.2, 0.25) is 19.1 Å². The number of ether oxygens (including phenoxy) is 2. The minimum absolute atomic E-state index is 0.115. The summed E-state index contributed by atoms with van der Waals surface area (Å²) in [6, 6.07) is 17.0. The van der Waals surface area contributed by atoms with Gasteiger partial charge in [0.1, 0.15) is 23.7 Å². The minimum Gasteiger partial charge on any atom is -0.453 e. The smallest absolute Gasteiger partial charge is 0.407 e. The number of amides is 4. The van der Waals surface area contributed by atoms with Gasteiger partial charge in [0.05, 0.1) is 63.4 Å². The minimum atomic E-state index is -1.88. The van der Waals surface area contributed by atoms with E-state index < -0.39 is 38.4 Å². The molecule has 318 valence electrons. The van der Waals surface area contributed by atoms with Crippen molar-refractivity contribution < 1.29 is 33.8 Å². The van der Waals surface area contributed by atoms with E-state index in [1.54, 1.807) is 29.8 Å². The van der Waals surface area contributed by atoms with E-state index in [0.717, 1.165) is 63.1 Å². The summed E-state index contributed by atoms with van der Waals surface area (Å²) in [6.07, 6.45) is 1.48. The molecule has 16 heteroatoms. The lowest BCUT2D eigenvalue weighted by Gasteiger charge is -2.32. The van der Waals surface area contributed by atoms with Crippen molar-refractivity contribution in [3.63, 3.8) is 0 Å². The first kappa shape index (κ1) is 42.4. The van der Waals surface area contributed by atoms with Crippen molar-refractivity contribution in [2.45, 2.75) is 89.9 Å². The topological polar surface area (TPSA) is 195 Å². The van der Waals surface area contributed by atoms with E-state index in [-0.39, 0.29) is 35.7 Å². The maximum atomic E-state index is 14.1. The standard InChI is InChI=1S/C44H56N8O7Si/c1-24(2)35(49-43(56)58-5)41(54)51-19-9-10-33(51)39-45-21-32(47-39)27-13-11-26(12-14-27)28-15-17-30-29(20-28)16-18-31-36(30)48-40(46-31)34-22-60(7,8)23-52(34)42(55)37(38(53)25(3)4)50-44(57)59-6/h11-18,20-21,24-25,33-35,37-38,53H,9-10,19,22-23H2,1-8H3,(H,45,47)(H,46,48)(H,49,56)(H,50,57)/t33-,34-,35-,37-,38+/m0/s1. The van der Waals surface area contributed by atoms with E-state index >= 15 is 0 Å². The number of hydrogen-bond donors (Lipinski definition) is 5. The van der Waals surface area contributed by atoms with Crippen molar-refractivity contribution in [3.05, 3.63) is 72.4 Å². The summed E-state index contributed by atoms with van der Waals surface area (Å²) in [4.78, 5) is 72.3. The Morgan fingerprint density at radius 2 is 1.45 bits per heavy atom. The Hall–Kier alpha value is -5.74. The van der Waals surface area contributed by atoms with Gasteiger partial charge in [-0.2, -0.15) is 0 Å². The number of aromatic amines is 2. The van der Waals surface area contributed by atoms with Gasteiger partial charge >= 0.3 is 12.2 Å². The van der Waals surface area contributed by atoms with E-state index in [1.807, 2.05) is 19.9 Å². The Balaban J connectivity index is 1.10. The van der Waals surface area contributed by atoms with Crippen LogP contribution in [0.1, 0.15) is 64.3 Å². The van der Waals surface area contributed by atoms with Crippen molar-refractivity contribution in [2.75, 3.05) is 26.9 Å². The second kappa shape index (κ2) is 17.1. The molecule has 15 nitrogen and oxygen atoms in total. The molecule has 2 aromatic heterocycles. The van der Waals surface area contributed by atoms with Crippen LogP contribution in [-0.2, 0) is 19.1 Å². The van der Waals surface area contributed by atoms with Gasteiger partial charge in [-0.25, -0.2) is 19.6 Å². The number of aromatic nitrogens is 4. The van der Waals surface area contributed by atoms with Gasteiger partial charge in [0.2, 0.25) is 11.8 Å². The molecule has 0 radical (unpaired) electrons. The fraction of sp³-hybridized carbons (Fsp3) is 0.455. The van der Waals surface area contributed by atoms with E-state index in [1.165, 1.54) is 14.2 Å². The number of alkyl carbamates (subject to hydrolysis) is 2. The molecule has 0 unspecified atom stereocenters. The van der Waals surface area contributed by atoms with E-state index in [9.17, 15) is 24.3 Å². The number of aliphatic hydroxyl groups excluding tert-OH is 1. The van der Waals surface area contributed by atoms with E-state index in [4.69, 9.17) is 19.4 Å². The molecule has 2 fully saturated rings. The molecule has 7 rings (SSSR count). The highest BCUT2D eigenvalue weighted by Gasteiger charge is 2.47. The molecule has 4 heterocycles. The second-order valence-corrected chi connectivity index (χ2v) is 22.6. The Bertz CT molecular complexity index is 2390. The number of nitrogens with zero attached hydrogens (tertiary/aromatic N) is 4. The van der Waals surface area contributed by atoms with Crippen molar-refractivity contribution >= 4 is 53.9 Å². The van der Waals surface area contributed by atoms with E-state index in [2.05, 4.69) is 82.2 Å². The number of imidazole rings is 2. The predicted octanol–water partition coefficient (Wildman–Crippen LogP) is 6.69. The zero-order valence-corrected chi connectivity index (χ0v) is 36.5. The van der Waals surface area contributed by atoms with Crippen molar-refractivity contribution in [3.8, 4) is 22.4 Å². The molecule has 0 spiro atoms. The molecule has 5 aromatic rings. The summed E-state index contributed by atoms with van der Waals surface area (Å²) < 4.78 is 9.56. The molecular weight excluding hydrogens is 781 g/mol. The summed E-state index contributed by atoms with van der Waals surface area (Å²) in [5.74, 6) is 0.511. The molecule has 5 N–H and O–H groups in total. The largest absolute Gasteiger partial charge is 0.453 e. The lowest BCUT2D eigenvalue weighted by atomic mass is 9.98. The monoisotopic (exact) mass is 836 g/mol. The Morgan fingerprint density at radius 3 is 2.12 bits per heavy atom. The fourth-order valence-corrected chi connectivity index (χ4v) is 11.5. The number of nitrogens with one attached hydrogen (secondary N) is 4. The van der Waals surface area contributed by atoms with Crippen LogP contribution in [0.4, 0.5) is 9.59 Å². The van der Waals surface area contributed by atoms with Crippen LogP contribution in [0, 0.1) is 11.8 Å². The molecule has 2 aliphatic rings. The molecule has 0 saturated carbocycles. The Labute approximate surface area is 350 Å². The molecule has 4 amide bonds. The normalized spacial score (nSPS) is 19.2. The maximum Gasteiger partial charge on any atom is 0.407 e. The summed E-state index contributed by atoms with van der Waals surface area (Å²) in [7, 11) is 0.640. The van der Waals surface area contributed by atoms with Crippen LogP contribution >= 0.6 is 0 Å². The lowest BCUT2D eigenvalue weighted by molar-refractivity contribution is -0.138. The number of carbonyl (C=O) groups excluding carboxylic acids is 4. The summed E-state index contributed by atoms with van der Waals surface area (Å²) >= 11 is 0. The van der Waals surface area contributed by atoms with Gasteiger partial charge in [-0.15, -0.1) is 0 Å². The first-order valence-electron chi connectivity index (χ1n) is 20.6. The number of fused-ring (bicyclic) bond motifs is 3. The van der Waals surface area contributed by atoms with Gasteiger partial charge in [0.15, 0.2) is 0 Å². The van der Waals surface area contributed by atoms with Gasteiger partial charge < -0.3 is 45.0 Å². The third-order valence-electron chi connectivity index (χ3n) is 11.9. The summed E-state index contributed by atoms with van der Waals surface area (Å²) in [5.41, 5.74) is 5.57. The lowest BCUT2D eigenvalue weighted by Crippen LogP contribution is -2.56. The third kappa shape index (κ3) is 8.48. The first-order chi connectivity index (χ1) is 28.6. The average molecular weight is 837 g/mol. The number of carbonyl (C=O) groups is 4. The quantitative estimate of drug-likeness (QED) is 0.0902. The first-order valence-corrected chi connectivity index (χ1v) is 24.1. The second-order valence-electron chi connectivity index (χ2n) is 17.5. The Morgan fingerprint density at radius 1 is 0.800 bits per heavy atom. The number of benzene rings is 3. The number of rotatable bonds is 11. The molecule has 0 aliphatic carbocycles. The molecule has 2 aliphatic heterocycles. The van der Waals surface area contributed by atoms with Crippen LogP contribution in [0.3, 0.4) is 0 Å². The highest BCUT2D eigenvalue weighted by Crippen LogP contribution is 2.40. The number of aliphatic hydroxyl groups is 1. The van der Waals surface area contributed by atoms with Gasteiger partial charge in [0.25, 0.3) is 0 Å². The van der Waals surface area contributed by atoms with Crippen LogP contribution < -0.4 is 10.6 Å². The zero-order chi connectivity index (χ0) is 43.0. The third-order valence-corrected chi connectivity index (χ3v) is 14.6. The number of H-pyrrole nitrogens is 2. The van der Waals surface area contributed by atoms with Crippen LogP contribution in [0.15, 0.2) is 60.8 Å². The van der Waals surface area contributed by atoms with Gasteiger partial charge in [-0.3, -0.25) is 9.59 Å². The number of likely N-dealkylation sites (tertiary alicyclic amines) is 1. The predicted molar refractivity (Wildman–Crippen MR) is 231 cm³/mol. The fourth-order valence-electron chi connectivity index (χ4n) is 8.63. The highest BCUT2D eigenvalue weighted by molar-refractivity contribution is 6.78. The maximum absolute atomic E-state index is 14.1. The highest BCUT2D eigenvalue weighted by atomic mass is 28.3. The summed E-state index contributed by atoms with van der Waals surface area (Å²) in [5, 5.41) is 18.3. The van der Waals surface area contributed by atoms with Crippen LogP contribution in [0.25, 0.3) is 44.2 Å². The Kier molecular flexibility index (Phi) is 12.1. The van der Waals surface area contributed by atoms with E-state index in [0.29, 0.717) is 24.4 Å². The average Bonchev–Trinajstić information content (AvgIpc) is 4.06. The number of hydrogen-bond acceptors (Lipinski definition) is 9. The number of methoxy groups -OCH3 is 2. The molecule has 5 atom stereocenters. The molecule has 3 aromatic carbocycles.